The van der Waals surface area contributed by atoms with Gasteiger partial charge in [-0.2, -0.15) is 14.9 Å². The van der Waals surface area contributed by atoms with Crippen LogP contribution in [0.3, 0.4) is 0 Å². The fourth-order valence-electron chi connectivity index (χ4n) is 4.35. The van der Waals surface area contributed by atoms with Gasteiger partial charge in [0.25, 0.3) is 0 Å². The molecule has 0 fully saturated rings. The molecule has 1 N–H and O–H groups in total. The Morgan fingerprint density at radius 1 is 0.944 bits per heavy atom. The number of carbonyl (C=O) groups excluding carboxylic acids is 1. The molecule has 1 amide bonds. The highest BCUT2D eigenvalue weighted by Gasteiger charge is 2.18. The Balaban J connectivity index is 1.35. The fraction of sp³-hybridized carbons (Fsp3) is 0.0741. The molecule has 6 aromatic rings. The maximum Gasteiger partial charge on any atom is 0.229 e. The summed E-state index contributed by atoms with van der Waals surface area (Å²) < 4.78 is 3.31. The lowest BCUT2D eigenvalue weighted by Gasteiger charge is -2.10. The third-order valence-electron chi connectivity index (χ3n) is 5.93. The van der Waals surface area contributed by atoms with Gasteiger partial charge in [0.05, 0.1) is 29.4 Å². The van der Waals surface area contributed by atoms with E-state index in [0.717, 1.165) is 27.7 Å². The molecule has 6 rings (SSSR count). The Morgan fingerprint density at radius 3 is 2.67 bits per heavy atom. The minimum absolute atomic E-state index is 0.146. The Bertz CT molecular complexity index is 1750. The van der Waals surface area contributed by atoms with Crippen molar-refractivity contribution in [1.82, 2.24) is 29.5 Å². The van der Waals surface area contributed by atoms with Crippen LogP contribution in [-0.2, 0) is 11.2 Å². The molecule has 9 heteroatoms. The van der Waals surface area contributed by atoms with E-state index in [9.17, 15) is 4.79 Å². The molecule has 3 aromatic heterocycles. The molecule has 0 aliphatic carbocycles. The summed E-state index contributed by atoms with van der Waals surface area (Å²) in [7, 11) is 0. The normalized spacial score (nSPS) is 11.3. The zero-order valence-corrected chi connectivity index (χ0v) is 20.0. The lowest BCUT2D eigenvalue weighted by molar-refractivity contribution is -0.115. The van der Waals surface area contributed by atoms with Crippen LogP contribution in [0.25, 0.3) is 33.3 Å². The van der Waals surface area contributed by atoms with Crippen molar-refractivity contribution in [3.8, 4) is 11.5 Å². The Labute approximate surface area is 211 Å². The van der Waals surface area contributed by atoms with Crippen LogP contribution in [0.4, 0.5) is 5.82 Å². The molecule has 0 spiro atoms. The van der Waals surface area contributed by atoms with Crippen LogP contribution in [0.5, 0.6) is 0 Å². The Hall–Kier alpha value is -4.56. The number of carbonyl (C=O) groups is 1. The van der Waals surface area contributed by atoms with Crippen molar-refractivity contribution in [2.24, 2.45) is 0 Å². The van der Waals surface area contributed by atoms with Crippen molar-refractivity contribution in [1.29, 1.82) is 0 Å². The van der Waals surface area contributed by atoms with Gasteiger partial charge in [-0.25, -0.2) is 14.6 Å². The molecule has 0 aliphatic heterocycles. The maximum absolute atomic E-state index is 13.1. The van der Waals surface area contributed by atoms with Crippen LogP contribution in [-0.4, -0.2) is 35.4 Å². The SMILES string of the molecule is Cc1cc(NC(=O)Cc2cccc3ccccc23)n(-c2ncnc3c2cnn3-c2cccc(Cl)c2)n1. The van der Waals surface area contributed by atoms with E-state index in [1.165, 1.54) is 6.33 Å². The first-order chi connectivity index (χ1) is 17.6. The second-order valence-corrected chi connectivity index (χ2v) is 8.85. The Kier molecular flexibility index (Phi) is 5.42. The average molecular weight is 494 g/mol. The number of nitrogens with zero attached hydrogens (tertiary/aromatic N) is 6. The lowest BCUT2D eigenvalue weighted by Crippen LogP contribution is -2.17. The van der Waals surface area contributed by atoms with Crippen LogP contribution in [0.2, 0.25) is 5.02 Å². The molecule has 0 aliphatic rings. The largest absolute Gasteiger partial charge is 0.310 e. The van der Waals surface area contributed by atoms with E-state index in [-0.39, 0.29) is 12.3 Å². The number of benzene rings is 3. The molecule has 36 heavy (non-hydrogen) atoms. The molecule has 0 saturated carbocycles. The molecular formula is C27H20ClN7O. The quantitative estimate of drug-likeness (QED) is 0.352. The van der Waals surface area contributed by atoms with E-state index in [1.54, 1.807) is 21.6 Å². The number of anilines is 1. The summed E-state index contributed by atoms with van der Waals surface area (Å²) in [6.45, 7) is 1.87. The van der Waals surface area contributed by atoms with Crippen molar-refractivity contribution < 1.29 is 4.79 Å². The van der Waals surface area contributed by atoms with Crippen LogP contribution in [0, 0.1) is 6.92 Å². The lowest BCUT2D eigenvalue weighted by atomic mass is 10.0. The predicted octanol–water partition coefficient (Wildman–Crippen LogP) is 5.30. The number of rotatable bonds is 5. The number of aryl methyl sites for hydroxylation is 1. The van der Waals surface area contributed by atoms with E-state index < -0.39 is 0 Å². The summed E-state index contributed by atoms with van der Waals surface area (Å²) in [6, 6.07) is 23.2. The van der Waals surface area contributed by atoms with Gasteiger partial charge in [-0.05, 0) is 41.5 Å². The summed E-state index contributed by atoms with van der Waals surface area (Å²) in [5, 5.41) is 15.6. The standard InChI is InChI=1S/C27H20ClN7O/c1-17-12-24(32-25(36)13-19-8-4-7-18-6-2-3-11-22(18)19)35(33-17)27-23-15-31-34(26(23)29-16-30-27)21-10-5-9-20(28)14-21/h2-12,14-16H,13H2,1H3,(H,32,36). The average Bonchev–Trinajstić information content (AvgIpc) is 3.47. The second-order valence-electron chi connectivity index (χ2n) is 8.42. The van der Waals surface area contributed by atoms with Gasteiger partial charge in [0.2, 0.25) is 5.91 Å². The van der Waals surface area contributed by atoms with E-state index in [1.807, 2.05) is 73.7 Å². The summed E-state index contributed by atoms with van der Waals surface area (Å²) in [4.78, 5) is 22.0. The van der Waals surface area contributed by atoms with Gasteiger partial charge < -0.3 is 5.32 Å². The highest BCUT2D eigenvalue weighted by Crippen LogP contribution is 2.25. The highest BCUT2D eigenvalue weighted by atomic mass is 35.5. The van der Waals surface area contributed by atoms with E-state index in [0.29, 0.717) is 27.7 Å². The zero-order valence-electron chi connectivity index (χ0n) is 19.3. The number of fused-ring (bicyclic) bond motifs is 2. The first-order valence-corrected chi connectivity index (χ1v) is 11.7. The number of aromatic nitrogens is 6. The zero-order chi connectivity index (χ0) is 24.6. The van der Waals surface area contributed by atoms with Crippen molar-refractivity contribution in [3.05, 3.63) is 102 Å². The molecule has 0 atom stereocenters. The molecule has 176 valence electrons. The van der Waals surface area contributed by atoms with Crippen molar-refractivity contribution in [2.45, 2.75) is 13.3 Å². The van der Waals surface area contributed by atoms with Crippen molar-refractivity contribution >= 4 is 45.1 Å². The third kappa shape index (κ3) is 3.97. The molecule has 0 saturated heterocycles. The fourth-order valence-corrected chi connectivity index (χ4v) is 4.54. The Morgan fingerprint density at radius 2 is 1.78 bits per heavy atom. The molecular weight excluding hydrogens is 474 g/mol. The van der Waals surface area contributed by atoms with Crippen LogP contribution >= 0.6 is 11.6 Å². The van der Waals surface area contributed by atoms with Gasteiger partial charge in [-0.3, -0.25) is 4.79 Å². The summed E-state index contributed by atoms with van der Waals surface area (Å²) in [6.07, 6.45) is 3.38. The van der Waals surface area contributed by atoms with Crippen LogP contribution in [0.15, 0.2) is 85.3 Å². The minimum Gasteiger partial charge on any atom is -0.310 e. The summed E-state index contributed by atoms with van der Waals surface area (Å²) >= 11 is 6.17. The van der Waals surface area contributed by atoms with Gasteiger partial charge in [-0.1, -0.05) is 60.1 Å². The number of halogens is 1. The summed E-state index contributed by atoms with van der Waals surface area (Å²) in [5.41, 5.74) is 3.08. The maximum atomic E-state index is 13.1. The van der Waals surface area contributed by atoms with Crippen LogP contribution in [0.1, 0.15) is 11.3 Å². The number of hydrogen-bond acceptors (Lipinski definition) is 5. The monoisotopic (exact) mass is 493 g/mol. The van der Waals surface area contributed by atoms with E-state index >= 15 is 0 Å². The number of nitrogens with one attached hydrogen (secondary N) is 1. The van der Waals surface area contributed by atoms with E-state index in [4.69, 9.17) is 11.6 Å². The molecule has 3 heterocycles. The predicted molar refractivity (Wildman–Crippen MR) is 140 cm³/mol. The van der Waals surface area contributed by atoms with Gasteiger partial charge in [0, 0.05) is 11.1 Å². The third-order valence-corrected chi connectivity index (χ3v) is 6.16. The summed E-state index contributed by atoms with van der Waals surface area (Å²) in [5.74, 6) is 0.891. The van der Waals surface area contributed by atoms with Crippen LogP contribution < -0.4 is 5.32 Å². The van der Waals surface area contributed by atoms with E-state index in [2.05, 4.69) is 25.5 Å². The number of hydrogen-bond donors (Lipinski definition) is 1. The molecule has 3 aromatic carbocycles. The first kappa shape index (κ1) is 21.9. The molecule has 0 unspecified atom stereocenters. The smallest absolute Gasteiger partial charge is 0.229 e. The topological polar surface area (TPSA) is 90.5 Å². The highest BCUT2D eigenvalue weighted by molar-refractivity contribution is 6.30. The van der Waals surface area contributed by atoms with Gasteiger partial charge in [0.1, 0.15) is 12.1 Å². The van der Waals surface area contributed by atoms with Gasteiger partial charge >= 0.3 is 0 Å². The molecule has 0 bridgehead atoms. The molecule has 0 radical (unpaired) electrons. The first-order valence-electron chi connectivity index (χ1n) is 11.3. The minimum atomic E-state index is -0.146. The van der Waals surface area contributed by atoms with Gasteiger partial charge in [0.15, 0.2) is 11.5 Å². The second kappa shape index (κ2) is 8.90. The molecule has 8 nitrogen and oxygen atoms in total. The number of amides is 1. The van der Waals surface area contributed by atoms with Crippen molar-refractivity contribution in [2.75, 3.05) is 5.32 Å². The van der Waals surface area contributed by atoms with Crippen molar-refractivity contribution in [3.63, 3.8) is 0 Å². The van der Waals surface area contributed by atoms with Gasteiger partial charge in [-0.15, -0.1) is 0 Å².